The van der Waals surface area contributed by atoms with Gasteiger partial charge in [0.1, 0.15) is 0 Å². The number of nitrogens with zero attached hydrogens (tertiary/aromatic N) is 3. The lowest BCUT2D eigenvalue weighted by molar-refractivity contribution is 0.176. The molecule has 3 rings (SSSR count). The van der Waals surface area contributed by atoms with Crippen molar-refractivity contribution >= 4 is 52.6 Å². The highest BCUT2D eigenvalue weighted by Gasteiger charge is 2.20. The molecule has 1 saturated heterocycles. The fourth-order valence-corrected chi connectivity index (χ4v) is 4.94. The number of hydrogen-bond donors (Lipinski definition) is 2. The predicted molar refractivity (Wildman–Crippen MR) is 132 cm³/mol. The van der Waals surface area contributed by atoms with Gasteiger partial charge in [-0.05, 0) is 57.3 Å². The molecule has 0 aliphatic carbocycles. The topological polar surface area (TPSA) is 52.6 Å². The molecular weight excluding hydrogens is 501 g/mol. The van der Waals surface area contributed by atoms with Gasteiger partial charge >= 0.3 is 0 Å². The van der Waals surface area contributed by atoms with E-state index in [-0.39, 0.29) is 24.0 Å². The van der Waals surface area contributed by atoms with Gasteiger partial charge in [-0.2, -0.15) is 0 Å². The quantitative estimate of drug-likeness (QED) is 0.317. The Morgan fingerprint density at radius 3 is 2.68 bits per heavy atom. The van der Waals surface area contributed by atoms with Crippen LogP contribution in [0, 0.1) is 12.8 Å². The minimum absolute atomic E-state index is 0. The molecular formula is C20H32IN5S2. The van der Waals surface area contributed by atoms with E-state index in [0.717, 1.165) is 45.1 Å². The molecule has 2 N–H and O–H groups in total. The highest BCUT2D eigenvalue weighted by Crippen LogP contribution is 2.19. The van der Waals surface area contributed by atoms with Crippen LogP contribution in [0.4, 0.5) is 0 Å². The molecule has 3 heterocycles. The fraction of sp³-hybridized carbons (Fsp3) is 0.600. The molecule has 5 nitrogen and oxygen atoms in total. The first-order valence-corrected chi connectivity index (χ1v) is 11.5. The summed E-state index contributed by atoms with van der Waals surface area (Å²) in [6, 6.07) is 4.35. The highest BCUT2D eigenvalue weighted by atomic mass is 127. The van der Waals surface area contributed by atoms with E-state index >= 15 is 0 Å². The Bertz CT molecular complexity index is 735. The van der Waals surface area contributed by atoms with E-state index in [0.29, 0.717) is 5.92 Å². The molecule has 28 heavy (non-hydrogen) atoms. The second-order valence-electron chi connectivity index (χ2n) is 7.12. The molecule has 0 bridgehead atoms. The molecule has 0 saturated carbocycles. The second kappa shape index (κ2) is 12.1. The van der Waals surface area contributed by atoms with Crippen LogP contribution in [0.15, 0.2) is 22.5 Å². The number of guanidine groups is 1. The minimum atomic E-state index is 0. The summed E-state index contributed by atoms with van der Waals surface area (Å²) in [6.45, 7) is 9.46. The van der Waals surface area contributed by atoms with Gasteiger partial charge in [0.2, 0.25) is 0 Å². The number of piperidine rings is 1. The first kappa shape index (κ1) is 23.6. The summed E-state index contributed by atoms with van der Waals surface area (Å²) in [6.07, 6.45) is 3.51. The number of aryl methyl sites for hydroxylation is 2. The normalized spacial score (nSPS) is 16.0. The van der Waals surface area contributed by atoms with Crippen molar-refractivity contribution in [1.29, 1.82) is 0 Å². The zero-order chi connectivity index (χ0) is 19.1. The van der Waals surface area contributed by atoms with Crippen molar-refractivity contribution in [3.05, 3.63) is 38.0 Å². The van der Waals surface area contributed by atoms with Crippen molar-refractivity contribution < 1.29 is 0 Å². The van der Waals surface area contributed by atoms with Crippen LogP contribution in [0.3, 0.4) is 0 Å². The van der Waals surface area contributed by atoms with Crippen LogP contribution in [0.5, 0.6) is 0 Å². The molecule has 1 aliphatic heterocycles. The molecule has 0 spiro atoms. The number of thiophene rings is 1. The van der Waals surface area contributed by atoms with Gasteiger partial charge in [-0.25, -0.2) is 4.98 Å². The summed E-state index contributed by atoms with van der Waals surface area (Å²) >= 11 is 3.62. The van der Waals surface area contributed by atoms with Crippen LogP contribution in [0.25, 0.3) is 0 Å². The third-order valence-electron chi connectivity index (χ3n) is 5.00. The van der Waals surface area contributed by atoms with E-state index in [9.17, 15) is 0 Å². The largest absolute Gasteiger partial charge is 0.356 e. The Hall–Kier alpha value is -0.710. The van der Waals surface area contributed by atoms with Crippen molar-refractivity contribution in [2.75, 3.05) is 26.7 Å². The first-order chi connectivity index (χ1) is 13.2. The van der Waals surface area contributed by atoms with Gasteiger partial charge in [0.25, 0.3) is 0 Å². The molecule has 2 aromatic rings. The number of thiazole rings is 1. The second-order valence-corrected chi connectivity index (χ2v) is 9.44. The van der Waals surface area contributed by atoms with Crippen LogP contribution in [0.1, 0.15) is 40.2 Å². The van der Waals surface area contributed by atoms with Crippen molar-refractivity contribution in [2.24, 2.45) is 10.9 Å². The predicted octanol–water partition coefficient (Wildman–Crippen LogP) is 4.27. The van der Waals surface area contributed by atoms with Gasteiger partial charge in [-0.1, -0.05) is 6.92 Å². The van der Waals surface area contributed by atoms with E-state index < -0.39 is 0 Å². The fourth-order valence-electron chi connectivity index (χ4n) is 3.37. The average Bonchev–Trinajstić information content (AvgIpc) is 3.31. The Morgan fingerprint density at radius 1 is 1.29 bits per heavy atom. The van der Waals surface area contributed by atoms with E-state index in [1.807, 2.05) is 18.4 Å². The maximum Gasteiger partial charge on any atom is 0.191 e. The molecule has 1 fully saturated rings. The third kappa shape index (κ3) is 7.27. The standard InChI is InChI=1S/C20H31N5S2.HI/c1-4-19-24-17(14-26-19)13-25-9-7-16(8-10-25)11-22-20(21-3)23-12-18-6-5-15(2)27-18;/h5-6,14,16H,4,7-13H2,1-3H3,(H2,21,22,23);1H. The van der Waals surface area contributed by atoms with Gasteiger partial charge in [0, 0.05) is 35.3 Å². The SMILES string of the molecule is CCc1nc(CN2CCC(CNC(=NC)NCc3ccc(C)s3)CC2)cs1.I. The van der Waals surface area contributed by atoms with E-state index in [1.54, 1.807) is 11.3 Å². The summed E-state index contributed by atoms with van der Waals surface area (Å²) < 4.78 is 0. The van der Waals surface area contributed by atoms with Crippen LogP contribution in [0.2, 0.25) is 0 Å². The summed E-state index contributed by atoms with van der Waals surface area (Å²) in [5.41, 5.74) is 1.24. The summed E-state index contributed by atoms with van der Waals surface area (Å²) in [7, 11) is 1.84. The number of aromatic nitrogens is 1. The van der Waals surface area contributed by atoms with E-state index in [4.69, 9.17) is 4.98 Å². The highest BCUT2D eigenvalue weighted by molar-refractivity contribution is 14.0. The van der Waals surface area contributed by atoms with Gasteiger partial charge in [-0.15, -0.1) is 46.7 Å². The number of aliphatic imine (C=N–C) groups is 1. The zero-order valence-electron chi connectivity index (χ0n) is 17.0. The Morgan fingerprint density at radius 2 is 2.07 bits per heavy atom. The first-order valence-electron chi connectivity index (χ1n) is 9.81. The molecule has 0 radical (unpaired) electrons. The Balaban J connectivity index is 0.00000280. The van der Waals surface area contributed by atoms with Crippen LogP contribution in [-0.2, 0) is 19.5 Å². The van der Waals surface area contributed by atoms with Gasteiger partial charge in [0.05, 0.1) is 17.2 Å². The number of halogens is 1. The molecule has 2 aromatic heterocycles. The lowest BCUT2D eigenvalue weighted by Crippen LogP contribution is -2.42. The van der Waals surface area contributed by atoms with Gasteiger partial charge in [0.15, 0.2) is 5.96 Å². The number of hydrogen-bond acceptors (Lipinski definition) is 5. The van der Waals surface area contributed by atoms with E-state index in [1.165, 1.54) is 33.3 Å². The zero-order valence-corrected chi connectivity index (χ0v) is 21.0. The average molecular weight is 534 g/mol. The molecule has 0 atom stereocenters. The minimum Gasteiger partial charge on any atom is -0.356 e. The number of likely N-dealkylation sites (tertiary alicyclic amines) is 1. The molecule has 8 heteroatoms. The van der Waals surface area contributed by atoms with Gasteiger partial charge in [-0.3, -0.25) is 9.89 Å². The Kier molecular flexibility index (Phi) is 10.2. The summed E-state index contributed by atoms with van der Waals surface area (Å²) in [5, 5.41) is 10.4. The van der Waals surface area contributed by atoms with Crippen LogP contribution >= 0.6 is 46.7 Å². The van der Waals surface area contributed by atoms with Crippen molar-refractivity contribution in [1.82, 2.24) is 20.5 Å². The molecule has 1 aliphatic rings. The lowest BCUT2D eigenvalue weighted by Gasteiger charge is -2.31. The van der Waals surface area contributed by atoms with Crippen molar-refractivity contribution in [3.8, 4) is 0 Å². The molecule has 0 aromatic carbocycles. The van der Waals surface area contributed by atoms with Crippen molar-refractivity contribution in [2.45, 2.75) is 46.2 Å². The van der Waals surface area contributed by atoms with Crippen molar-refractivity contribution in [3.63, 3.8) is 0 Å². The third-order valence-corrected chi connectivity index (χ3v) is 7.05. The van der Waals surface area contributed by atoms with Crippen LogP contribution in [-0.4, -0.2) is 42.5 Å². The maximum atomic E-state index is 4.70. The molecule has 156 valence electrons. The summed E-state index contributed by atoms with van der Waals surface area (Å²) in [4.78, 5) is 14.3. The molecule has 0 unspecified atom stereocenters. The maximum absolute atomic E-state index is 4.70. The number of rotatable bonds is 7. The monoisotopic (exact) mass is 533 g/mol. The summed E-state index contributed by atoms with van der Waals surface area (Å²) in [5.74, 6) is 1.61. The van der Waals surface area contributed by atoms with E-state index in [2.05, 4.69) is 51.9 Å². The lowest BCUT2D eigenvalue weighted by atomic mass is 9.97. The number of nitrogens with one attached hydrogen (secondary N) is 2. The van der Waals surface area contributed by atoms with Crippen LogP contribution < -0.4 is 10.6 Å². The smallest absolute Gasteiger partial charge is 0.191 e. The van der Waals surface area contributed by atoms with Gasteiger partial charge < -0.3 is 10.6 Å². The Labute approximate surface area is 194 Å². The molecule has 0 amide bonds.